The number of cyclic esters (lactones) is 1. The van der Waals surface area contributed by atoms with Gasteiger partial charge in [-0.05, 0) is 43.5 Å². The fourth-order valence-corrected chi connectivity index (χ4v) is 1.80. The standard InChI is InChI=1S/C13H13ClO2/c1-9-2-5-11(13(15)16-9)8-10-3-6-12(14)7-4-10/h3-4,6-9H,2,5H2,1H3/b11-8+. The van der Waals surface area contributed by atoms with Crippen molar-refractivity contribution in [3.05, 3.63) is 40.4 Å². The minimum atomic E-state index is -0.200. The average Bonchev–Trinajstić information content (AvgIpc) is 2.25. The lowest BCUT2D eigenvalue weighted by Crippen LogP contribution is -2.22. The Labute approximate surface area is 99.9 Å². The van der Waals surface area contributed by atoms with Crippen molar-refractivity contribution in [2.24, 2.45) is 0 Å². The van der Waals surface area contributed by atoms with Gasteiger partial charge in [0.05, 0.1) is 6.10 Å². The van der Waals surface area contributed by atoms with Gasteiger partial charge in [-0.3, -0.25) is 0 Å². The fraction of sp³-hybridized carbons (Fsp3) is 0.308. The first-order valence-electron chi connectivity index (χ1n) is 5.32. The number of hydrogen-bond donors (Lipinski definition) is 0. The smallest absolute Gasteiger partial charge is 0.334 e. The summed E-state index contributed by atoms with van der Waals surface area (Å²) in [5.74, 6) is -0.200. The van der Waals surface area contributed by atoms with Crippen molar-refractivity contribution in [3.8, 4) is 0 Å². The van der Waals surface area contributed by atoms with E-state index in [4.69, 9.17) is 16.3 Å². The fourth-order valence-electron chi connectivity index (χ4n) is 1.67. The number of esters is 1. The highest BCUT2D eigenvalue weighted by Crippen LogP contribution is 2.22. The summed E-state index contributed by atoms with van der Waals surface area (Å²) in [6.07, 6.45) is 3.58. The van der Waals surface area contributed by atoms with E-state index in [1.807, 2.05) is 37.3 Å². The third kappa shape index (κ3) is 2.64. The topological polar surface area (TPSA) is 26.3 Å². The van der Waals surface area contributed by atoms with Crippen LogP contribution in [-0.2, 0) is 9.53 Å². The van der Waals surface area contributed by atoms with E-state index in [1.165, 1.54) is 0 Å². The molecule has 16 heavy (non-hydrogen) atoms. The van der Waals surface area contributed by atoms with Crippen LogP contribution in [0.2, 0.25) is 5.02 Å². The molecule has 84 valence electrons. The van der Waals surface area contributed by atoms with Gasteiger partial charge < -0.3 is 4.74 Å². The molecule has 1 aromatic carbocycles. The van der Waals surface area contributed by atoms with Crippen molar-refractivity contribution < 1.29 is 9.53 Å². The number of benzene rings is 1. The molecule has 0 bridgehead atoms. The summed E-state index contributed by atoms with van der Waals surface area (Å²) in [5, 5.41) is 0.696. The summed E-state index contributed by atoms with van der Waals surface area (Å²) in [4.78, 5) is 11.6. The Morgan fingerprint density at radius 3 is 2.69 bits per heavy atom. The molecule has 1 aliphatic heterocycles. The summed E-state index contributed by atoms with van der Waals surface area (Å²) in [5.41, 5.74) is 1.71. The molecule has 1 saturated heterocycles. The Kier molecular flexibility index (Phi) is 3.30. The van der Waals surface area contributed by atoms with Gasteiger partial charge in [-0.1, -0.05) is 23.7 Å². The second kappa shape index (κ2) is 4.71. The van der Waals surface area contributed by atoms with Gasteiger partial charge in [-0.15, -0.1) is 0 Å². The second-order valence-corrected chi connectivity index (χ2v) is 4.41. The van der Waals surface area contributed by atoms with Gasteiger partial charge in [0.25, 0.3) is 0 Å². The van der Waals surface area contributed by atoms with Crippen molar-refractivity contribution in [1.29, 1.82) is 0 Å². The number of ether oxygens (including phenoxy) is 1. The van der Waals surface area contributed by atoms with E-state index in [0.29, 0.717) is 5.02 Å². The zero-order chi connectivity index (χ0) is 11.5. The van der Waals surface area contributed by atoms with Crippen LogP contribution in [0.5, 0.6) is 0 Å². The third-order valence-electron chi connectivity index (χ3n) is 2.60. The molecule has 1 aliphatic rings. The van der Waals surface area contributed by atoms with Gasteiger partial charge in [0.15, 0.2) is 0 Å². The lowest BCUT2D eigenvalue weighted by molar-refractivity contribution is -0.146. The van der Waals surface area contributed by atoms with E-state index in [9.17, 15) is 4.79 Å². The van der Waals surface area contributed by atoms with Crippen LogP contribution in [0.25, 0.3) is 6.08 Å². The largest absolute Gasteiger partial charge is 0.459 e. The van der Waals surface area contributed by atoms with E-state index in [0.717, 1.165) is 24.0 Å². The highest BCUT2D eigenvalue weighted by Gasteiger charge is 2.21. The van der Waals surface area contributed by atoms with Crippen LogP contribution in [0.4, 0.5) is 0 Å². The first-order chi connectivity index (χ1) is 7.65. The third-order valence-corrected chi connectivity index (χ3v) is 2.85. The Balaban J connectivity index is 2.18. The molecule has 1 atom stereocenters. The molecule has 0 radical (unpaired) electrons. The highest BCUT2D eigenvalue weighted by molar-refractivity contribution is 6.30. The predicted octanol–water partition coefficient (Wildman–Crippen LogP) is 3.45. The van der Waals surface area contributed by atoms with Crippen LogP contribution < -0.4 is 0 Å². The SMILES string of the molecule is CC1CC/C(=C\c2ccc(Cl)cc2)C(=O)O1. The van der Waals surface area contributed by atoms with Crippen molar-refractivity contribution in [2.75, 3.05) is 0 Å². The van der Waals surface area contributed by atoms with Crippen LogP contribution in [0.15, 0.2) is 29.8 Å². The molecule has 2 nitrogen and oxygen atoms in total. The van der Waals surface area contributed by atoms with Gasteiger partial charge in [-0.2, -0.15) is 0 Å². The van der Waals surface area contributed by atoms with Crippen LogP contribution in [0.3, 0.4) is 0 Å². The van der Waals surface area contributed by atoms with E-state index in [2.05, 4.69) is 0 Å². The van der Waals surface area contributed by atoms with Gasteiger partial charge in [0.1, 0.15) is 0 Å². The Morgan fingerprint density at radius 1 is 1.38 bits per heavy atom. The van der Waals surface area contributed by atoms with E-state index >= 15 is 0 Å². The molecule has 0 amide bonds. The van der Waals surface area contributed by atoms with Crippen LogP contribution in [0, 0.1) is 0 Å². The zero-order valence-corrected chi connectivity index (χ0v) is 9.83. The molecule has 0 saturated carbocycles. The molecule has 3 heteroatoms. The highest BCUT2D eigenvalue weighted by atomic mass is 35.5. The van der Waals surface area contributed by atoms with Crippen LogP contribution in [0.1, 0.15) is 25.3 Å². The molecule has 1 fully saturated rings. The monoisotopic (exact) mass is 236 g/mol. The van der Waals surface area contributed by atoms with Crippen molar-refractivity contribution >= 4 is 23.6 Å². The number of rotatable bonds is 1. The molecular formula is C13H13ClO2. The molecule has 1 heterocycles. The molecule has 1 unspecified atom stereocenters. The molecule has 0 N–H and O–H groups in total. The number of carbonyl (C=O) groups excluding carboxylic acids is 1. The first-order valence-corrected chi connectivity index (χ1v) is 5.70. The second-order valence-electron chi connectivity index (χ2n) is 3.98. The van der Waals surface area contributed by atoms with Crippen molar-refractivity contribution in [1.82, 2.24) is 0 Å². The minimum absolute atomic E-state index is 0.0369. The van der Waals surface area contributed by atoms with E-state index in [1.54, 1.807) is 0 Å². The number of halogens is 1. The Bertz CT molecular complexity index is 420. The van der Waals surface area contributed by atoms with Gasteiger partial charge in [-0.25, -0.2) is 4.79 Å². The molecule has 0 spiro atoms. The molecule has 1 aromatic rings. The lowest BCUT2D eigenvalue weighted by atomic mass is 10.0. The van der Waals surface area contributed by atoms with Crippen molar-refractivity contribution in [2.45, 2.75) is 25.9 Å². The summed E-state index contributed by atoms with van der Waals surface area (Å²) in [6, 6.07) is 7.40. The molecular weight excluding hydrogens is 224 g/mol. The van der Waals surface area contributed by atoms with Gasteiger partial charge in [0, 0.05) is 10.6 Å². The Morgan fingerprint density at radius 2 is 2.06 bits per heavy atom. The van der Waals surface area contributed by atoms with E-state index in [-0.39, 0.29) is 12.1 Å². The van der Waals surface area contributed by atoms with E-state index < -0.39 is 0 Å². The van der Waals surface area contributed by atoms with Gasteiger partial charge in [0.2, 0.25) is 0 Å². The maximum absolute atomic E-state index is 11.6. The summed E-state index contributed by atoms with van der Waals surface area (Å²) < 4.78 is 5.16. The molecule has 0 aromatic heterocycles. The molecule has 0 aliphatic carbocycles. The lowest BCUT2D eigenvalue weighted by Gasteiger charge is -2.20. The molecule has 2 rings (SSSR count). The zero-order valence-electron chi connectivity index (χ0n) is 9.07. The van der Waals surface area contributed by atoms with Crippen LogP contribution in [-0.4, -0.2) is 12.1 Å². The minimum Gasteiger partial charge on any atom is -0.459 e. The maximum atomic E-state index is 11.6. The Hall–Kier alpha value is -1.28. The van der Waals surface area contributed by atoms with Crippen LogP contribution >= 0.6 is 11.6 Å². The van der Waals surface area contributed by atoms with Crippen molar-refractivity contribution in [3.63, 3.8) is 0 Å². The number of carbonyl (C=O) groups is 1. The average molecular weight is 237 g/mol. The summed E-state index contributed by atoms with van der Waals surface area (Å²) in [6.45, 7) is 1.91. The summed E-state index contributed by atoms with van der Waals surface area (Å²) >= 11 is 5.79. The predicted molar refractivity (Wildman–Crippen MR) is 64.2 cm³/mol. The van der Waals surface area contributed by atoms with Gasteiger partial charge >= 0.3 is 5.97 Å². The normalized spacial score (nSPS) is 23.2. The quantitative estimate of drug-likeness (QED) is 0.552. The maximum Gasteiger partial charge on any atom is 0.334 e. The number of hydrogen-bond acceptors (Lipinski definition) is 2. The first kappa shape index (κ1) is 11.2. The summed E-state index contributed by atoms with van der Waals surface area (Å²) in [7, 11) is 0.